The number of benzene rings is 6. The molecule has 0 radical (unpaired) electrons. The van der Waals surface area contributed by atoms with Gasteiger partial charge in [-0.2, -0.15) is 0 Å². The minimum atomic E-state index is 0.151. The van der Waals surface area contributed by atoms with E-state index in [0.29, 0.717) is 0 Å². The SMILES string of the molecule is CC.CC.Cc1ccc2c(c1)C(C)(C)c1ccccc1-2.Cc1ccc2c(c1)c1c3ccccc3ccc1n2-c1ccccc1. The molecule has 0 N–H and O–H groups in total. The first-order chi connectivity index (χ1) is 21.4. The van der Waals surface area contributed by atoms with E-state index in [9.17, 15) is 0 Å². The number of para-hydroxylation sites is 1. The van der Waals surface area contributed by atoms with Gasteiger partial charge in [-0.25, -0.2) is 0 Å². The highest BCUT2D eigenvalue weighted by atomic mass is 15.0. The first-order valence-corrected chi connectivity index (χ1v) is 16.1. The van der Waals surface area contributed by atoms with Gasteiger partial charge in [0.1, 0.15) is 0 Å². The Bertz CT molecular complexity index is 2040. The third kappa shape index (κ3) is 5.33. The van der Waals surface area contributed by atoms with Gasteiger partial charge in [-0.15, -0.1) is 0 Å². The van der Waals surface area contributed by atoms with Crippen LogP contribution in [0.15, 0.2) is 127 Å². The summed E-state index contributed by atoms with van der Waals surface area (Å²) >= 11 is 0. The van der Waals surface area contributed by atoms with Crippen LogP contribution < -0.4 is 0 Å². The lowest BCUT2D eigenvalue weighted by Crippen LogP contribution is -2.14. The van der Waals surface area contributed by atoms with E-state index in [1.54, 1.807) is 0 Å². The van der Waals surface area contributed by atoms with Crippen molar-refractivity contribution < 1.29 is 0 Å². The molecule has 44 heavy (non-hydrogen) atoms. The van der Waals surface area contributed by atoms with Crippen molar-refractivity contribution in [3.8, 4) is 16.8 Å². The molecule has 1 nitrogen and oxygen atoms in total. The molecule has 1 heterocycles. The van der Waals surface area contributed by atoms with E-state index < -0.39 is 0 Å². The molecule has 0 unspecified atom stereocenters. The summed E-state index contributed by atoms with van der Waals surface area (Å²) < 4.78 is 2.37. The first-order valence-electron chi connectivity index (χ1n) is 16.1. The fourth-order valence-electron chi connectivity index (χ4n) is 6.58. The number of rotatable bonds is 1. The first kappa shape index (κ1) is 30.8. The molecule has 1 aromatic heterocycles. The van der Waals surface area contributed by atoms with Crippen LogP contribution in [-0.4, -0.2) is 4.57 Å². The van der Waals surface area contributed by atoms with Gasteiger partial charge in [-0.05, 0) is 77.2 Å². The Hall–Kier alpha value is -4.62. The van der Waals surface area contributed by atoms with E-state index in [0.717, 1.165) is 0 Å². The molecule has 0 saturated carbocycles. The van der Waals surface area contributed by atoms with Gasteiger partial charge in [0.25, 0.3) is 0 Å². The molecule has 0 fully saturated rings. The molecule has 1 aliphatic rings. The summed E-state index contributed by atoms with van der Waals surface area (Å²) in [6, 6.07) is 46.0. The van der Waals surface area contributed by atoms with Crippen molar-refractivity contribution in [1.82, 2.24) is 4.57 Å². The fourth-order valence-corrected chi connectivity index (χ4v) is 6.58. The van der Waals surface area contributed by atoms with Crippen LogP contribution in [0.4, 0.5) is 0 Å². The minimum absolute atomic E-state index is 0.151. The zero-order valence-corrected chi connectivity index (χ0v) is 27.6. The van der Waals surface area contributed by atoms with Crippen LogP contribution in [-0.2, 0) is 5.41 Å². The Morgan fingerprint density at radius 3 is 1.84 bits per heavy atom. The molecule has 0 saturated heterocycles. The van der Waals surface area contributed by atoms with Gasteiger partial charge in [-0.1, -0.05) is 150 Å². The number of hydrogen-bond donors (Lipinski definition) is 0. The van der Waals surface area contributed by atoms with E-state index in [1.165, 1.54) is 71.6 Å². The molecule has 1 heteroatoms. The second kappa shape index (κ2) is 12.9. The maximum Gasteiger partial charge on any atom is 0.0547 e. The standard InChI is InChI=1S/C23H17N.C16H16.2C2H6/c1-16-11-13-21-20(15-16)23-19-10-6-5-7-17(19)12-14-22(23)24(21)18-8-3-2-4-9-18;1-11-8-9-13-12-6-4-5-7-14(12)16(2,3)15(13)10-11;2*1-2/h2-15H,1H3;4-10H,1-3H3;2*1-2H3. The molecule has 7 aromatic rings. The molecule has 8 rings (SSSR count). The van der Waals surface area contributed by atoms with E-state index in [2.05, 4.69) is 160 Å². The monoisotopic (exact) mass is 575 g/mol. The molecule has 0 amide bonds. The lowest BCUT2D eigenvalue weighted by atomic mass is 9.82. The lowest BCUT2D eigenvalue weighted by Gasteiger charge is -2.21. The summed E-state index contributed by atoms with van der Waals surface area (Å²) in [5.41, 5.74) is 12.3. The van der Waals surface area contributed by atoms with Crippen LogP contribution in [0.1, 0.15) is 63.8 Å². The minimum Gasteiger partial charge on any atom is -0.309 e. The molecule has 1 aliphatic carbocycles. The Balaban J connectivity index is 0.000000167. The summed E-state index contributed by atoms with van der Waals surface area (Å²) in [7, 11) is 0. The van der Waals surface area contributed by atoms with Crippen molar-refractivity contribution in [2.45, 2.75) is 60.8 Å². The van der Waals surface area contributed by atoms with Crippen molar-refractivity contribution >= 4 is 32.6 Å². The molecular formula is C43H45N. The third-order valence-corrected chi connectivity index (χ3v) is 8.56. The maximum absolute atomic E-state index is 2.37. The zero-order chi connectivity index (χ0) is 31.4. The van der Waals surface area contributed by atoms with E-state index >= 15 is 0 Å². The second-order valence-electron chi connectivity index (χ2n) is 11.6. The van der Waals surface area contributed by atoms with Gasteiger partial charge in [0, 0.05) is 21.9 Å². The third-order valence-electron chi connectivity index (χ3n) is 8.56. The summed E-state index contributed by atoms with van der Waals surface area (Å²) in [6.07, 6.45) is 0. The number of nitrogens with zero attached hydrogens (tertiary/aromatic N) is 1. The Labute approximate surface area is 263 Å². The molecule has 6 aromatic carbocycles. The van der Waals surface area contributed by atoms with E-state index in [-0.39, 0.29) is 5.41 Å². The van der Waals surface area contributed by atoms with Crippen molar-refractivity contribution in [3.05, 3.63) is 150 Å². The van der Waals surface area contributed by atoms with Gasteiger partial charge < -0.3 is 4.57 Å². The Kier molecular flexibility index (Phi) is 9.06. The summed E-state index contributed by atoms with van der Waals surface area (Å²) in [5, 5.41) is 5.28. The topological polar surface area (TPSA) is 4.93 Å². The van der Waals surface area contributed by atoms with Gasteiger partial charge >= 0.3 is 0 Å². The van der Waals surface area contributed by atoms with Crippen LogP contribution in [0, 0.1) is 13.8 Å². The average molecular weight is 576 g/mol. The second-order valence-corrected chi connectivity index (χ2v) is 11.6. The smallest absolute Gasteiger partial charge is 0.0547 e. The Morgan fingerprint density at radius 1 is 0.477 bits per heavy atom. The van der Waals surface area contributed by atoms with Crippen LogP contribution in [0.3, 0.4) is 0 Å². The highest BCUT2D eigenvalue weighted by Gasteiger charge is 2.34. The van der Waals surface area contributed by atoms with Gasteiger partial charge in [0.15, 0.2) is 0 Å². The quantitative estimate of drug-likeness (QED) is 0.183. The number of hydrogen-bond acceptors (Lipinski definition) is 0. The molecule has 0 atom stereocenters. The Morgan fingerprint density at radius 2 is 1.07 bits per heavy atom. The normalized spacial score (nSPS) is 12.3. The van der Waals surface area contributed by atoms with E-state index in [1.807, 2.05) is 27.7 Å². The molecule has 0 bridgehead atoms. The highest BCUT2D eigenvalue weighted by Crippen LogP contribution is 2.48. The van der Waals surface area contributed by atoms with E-state index in [4.69, 9.17) is 0 Å². The summed E-state index contributed by atoms with van der Waals surface area (Å²) in [4.78, 5) is 0. The number of aromatic nitrogens is 1. The average Bonchev–Trinajstić information content (AvgIpc) is 3.52. The molecule has 222 valence electrons. The highest BCUT2D eigenvalue weighted by molar-refractivity contribution is 6.21. The largest absolute Gasteiger partial charge is 0.309 e. The number of aryl methyl sites for hydroxylation is 2. The van der Waals surface area contributed by atoms with Crippen molar-refractivity contribution in [2.24, 2.45) is 0 Å². The molecule has 0 aliphatic heterocycles. The van der Waals surface area contributed by atoms with Gasteiger partial charge in [0.05, 0.1) is 11.0 Å². The van der Waals surface area contributed by atoms with Crippen molar-refractivity contribution in [2.75, 3.05) is 0 Å². The maximum atomic E-state index is 2.37. The predicted octanol–water partition coefficient (Wildman–Crippen LogP) is 12.6. The number of fused-ring (bicyclic) bond motifs is 8. The lowest BCUT2D eigenvalue weighted by molar-refractivity contribution is 0.660. The molecular weight excluding hydrogens is 530 g/mol. The van der Waals surface area contributed by atoms with Crippen molar-refractivity contribution in [3.63, 3.8) is 0 Å². The summed E-state index contributed by atoms with van der Waals surface area (Å²) in [5.74, 6) is 0. The van der Waals surface area contributed by atoms with Crippen LogP contribution >= 0.6 is 0 Å². The zero-order valence-electron chi connectivity index (χ0n) is 27.6. The summed E-state index contributed by atoms with van der Waals surface area (Å²) in [6.45, 7) is 17.0. The van der Waals surface area contributed by atoms with Crippen LogP contribution in [0.5, 0.6) is 0 Å². The predicted molar refractivity (Wildman–Crippen MR) is 194 cm³/mol. The fraction of sp³-hybridized carbons (Fsp3) is 0.209. The van der Waals surface area contributed by atoms with Crippen LogP contribution in [0.25, 0.3) is 49.4 Å². The van der Waals surface area contributed by atoms with Gasteiger partial charge in [0.2, 0.25) is 0 Å². The van der Waals surface area contributed by atoms with Crippen molar-refractivity contribution in [1.29, 1.82) is 0 Å². The van der Waals surface area contributed by atoms with Gasteiger partial charge in [-0.3, -0.25) is 0 Å². The van der Waals surface area contributed by atoms with Crippen LogP contribution in [0.2, 0.25) is 0 Å². The molecule has 0 spiro atoms.